The van der Waals surface area contributed by atoms with Crippen LogP contribution in [0, 0.1) is 0 Å². The van der Waals surface area contributed by atoms with Crippen molar-refractivity contribution in [2.45, 2.75) is 45.6 Å². The molecule has 16 heavy (non-hydrogen) atoms. The van der Waals surface area contributed by atoms with E-state index in [9.17, 15) is 0 Å². The zero-order valence-electron chi connectivity index (χ0n) is 10.8. The lowest BCUT2D eigenvalue weighted by Gasteiger charge is -2.25. The SMILES string of the molecule is CC(C)(C)c1ccccc1CN1CCCC1. The fourth-order valence-electron chi connectivity index (χ4n) is 2.57. The minimum absolute atomic E-state index is 0.260. The average molecular weight is 217 g/mol. The summed E-state index contributed by atoms with van der Waals surface area (Å²) in [7, 11) is 0. The van der Waals surface area contributed by atoms with Gasteiger partial charge in [-0.2, -0.15) is 0 Å². The van der Waals surface area contributed by atoms with Crippen LogP contribution in [0.15, 0.2) is 24.3 Å². The molecule has 0 spiro atoms. The standard InChI is InChI=1S/C15H23N/c1-15(2,3)14-9-5-4-8-13(14)12-16-10-6-7-11-16/h4-5,8-9H,6-7,10-12H2,1-3H3. The van der Waals surface area contributed by atoms with Gasteiger partial charge in [-0.15, -0.1) is 0 Å². The summed E-state index contributed by atoms with van der Waals surface area (Å²) in [5.74, 6) is 0. The van der Waals surface area contributed by atoms with Gasteiger partial charge in [-0.05, 0) is 42.5 Å². The van der Waals surface area contributed by atoms with E-state index in [1.54, 1.807) is 0 Å². The maximum atomic E-state index is 2.57. The third-order valence-electron chi connectivity index (χ3n) is 3.42. The van der Waals surface area contributed by atoms with Crippen molar-refractivity contribution in [2.75, 3.05) is 13.1 Å². The number of hydrogen-bond donors (Lipinski definition) is 0. The minimum Gasteiger partial charge on any atom is -0.299 e. The van der Waals surface area contributed by atoms with E-state index in [0.29, 0.717) is 0 Å². The summed E-state index contributed by atoms with van der Waals surface area (Å²) in [4.78, 5) is 2.57. The Kier molecular flexibility index (Phi) is 3.34. The van der Waals surface area contributed by atoms with Crippen molar-refractivity contribution >= 4 is 0 Å². The molecule has 0 atom stereocenters. The number of rotatable bonds is 2. The summed E-state index contributed by atoms with van der Waals surface area (Å²) in [6.45, 7) is 10.6. The van der Waals surface area contributed by atoms with Crippen molar-refractivity contribution in [1.82, 2.24) is 4.90 Å². The zero-order chi connectivity index (χ0) is 11.6. The van der Waals surface area contributed by atoms with Crippen molar-refractivity contribution in [3.8, 4) is 0 Å². The molecule has 0 N–H and O–H groups in total. The van der Waals surface area contributed by atoms with Crippen LogP contribution in [0.3, 0.4) is 0 Å². The van der Waals surface area contributed by atoms with Gasteiger partial charge in [0.2, 0.25) is 0 Å². The van der Waals surface area contributed by atoms with E-state index < -0.39 is 0 Å². The number of benzene rings is 1. The van der Waals surface area contributed by atoms with Crippen LogP contribution in [0.4, 0.5) is 0 Å². The molecule has 0 aliphatic carbocycles. The third-order valence-corrected chi connectivity index (χ3v) is 3.42. The number of nitrogens with zero attached hydrogens (tertiary/aromatic N) is 1. The van der Waals surface area contributed by atoms with Crippen molar-refractivity contribution < 1.29 is 0 Å². The van der Waals surface area contributed by atoms with Gasteiger partial charge in [-0.1, -0.05) is 45.0 Å². The molecule has 88 valence electrons. The van der Waals surface area contributed by atoms with E-state index in [0.717, 1.165) is 6.54 Å². The number of hydrogen-bond acceptors (Lipinski definition) is 1. The van der Waals surface area contributed by atoms with Gasteiger partial charge >= 0.3 is 0 Å². The Morgan fingerprint density at radius 2 is 1.69 bits per heavy atom. The molecular formula is C15H23N. The zero-order valence-corrected chi connectivity index (χ0v) is 10.8. The van der Waals surface area contributed by atoms with Crippen LogP contribution in [0.25, 0.3) is 0 Å². The third kappa shape index (κ3) is 2.65. The Morgan fingerprint density at radius 1 is 1.06 bits per heavy atom. The summed E-state index contributed by atoms with van der Waals surface area (Å²) < 4.78 is 0. The Balaban J connectivity index is 2.19. The molecule has 0 bridgehead atoms. The normalized spacial score (nSPS) is 17.9. The molecule has 0 unspecified atom stereocenters. The molecule has 0 saturated carbocycles. The Labute approximate surface area is 99.5 Å². The van der Waals surface area contributed by atoms with Crippen molar-refractivity contribution in [3.63, 3.8) is 0 Å². The second-order valence-corrected chi connectivity index (χ2v) is 5.89. The van der Waals surface area contributed by atoms with Crippen molar-refractivity contribution in [1.29, 1.82) is 0 Å². The quantitative estimate of drug-likeness (QED) is 0.732. The van der Waals surface area contributed by atoms with E-state index in [-0.39, 0.29) is 5.41 Å². The predicted molar refractivity (Wildman–Crippen MR) is 69.7 cm³/mol. The van der Waals surface area contributed by atoms with Crippen LogP contribution >= 0.6 is 0 Å². The molecule has 0 radical (unpaired) electrons. The lowest BCUT2D eigenvalue weighted by molar-refractivity contribution is 0.328. The molecule has 1 aliphatic heterocycles. The highest BCUT2D eigenvalue weighted by Crippen LogP contribution is 2.27. The highest BCUT2D eigenvalue weighted by Gasteiger charge is 2.19. The maximum absolute atomic E-state index is 2.57. The average Bonchev–Trinajstić information content (AvgIpc) is 2.70. The van der Waals surface area contributed by atoms with Gasteiger partial charge < -0.3 is 0 Å². The molecule has 1 nitrogen and oxygen atoms in total. The largest absolute Gasteiger partial charge is 0.299 e. The highest BCUT2D eigenvalue weighted by atomic mass is 15.1. The summed E-state index contributed by atoms with van der Waals surface area (Å²) in [6.07, 6.45) is 2.75. The smallest absolute Gasteiger partial charge is 0.0236 e. The fraction of sp³-hybridized carbons (Fsp3) is 0.600. The van der Waals surface area contributed by atoms with Crippen LogP contribution < -0.4 is 0 Å². The molecule has 1 fully saturated rings. The van der Waals surface area contributed by atoms with E-state index in [2.05, 4.69) is 49.9 Å². The molecule has 1 heterocycles. The van der Waals surface area contributed by atoms with Gasteiger partial charge in [0.25, 0.3) is 0 Å². The first kappa shape index (κ1) is 11.7. The molecule has 1 aromatic carbocycles. The first-order valence-electron chi connectivity index (χ1n) is 6.38. The van der Waals surface area contributed by atoms with Crippen LogP contribution in [-0.4, -0.2) is 18.0 Å². The summed E-state index contributed by atoms with van der Waals surface area (Å²) in [5, 5.41) is 0. The van der Waals surface area contributed by atoms with Crippen molar-refractivity contribution in [3.05, 3.63) is 35.4 Å². The summed E-state index contributed by atoms with van der Waals surface area (Å²) >= 11 is 0. The lowest BCUT2D eigenvalue weighted by atomic mass is 9.83. The summed E-state index contributed by atoms with van der Waals surface area (Å²) in [5.41, 5.74) is 3.27. The van der Waals surface area contributed by atoms with Crippen LogP contribution in [0.2, 0.25) is 0 Å². The van der Waals surface area contributed by atoms with Crippen LogP contribution in [0.5, 0.6) is 0 Å². The minimum atomic E-state index is 0.260. The van der Waals surface area contributed by atoms with E-state index in [1.165, 1.54) is 37.1 Å². The fourth-order valence-corrected chi connectivity index (χ4v) is 2.57. The van der Waals surface area contributed by atoms with Crippen LogP contribution in [0.1, 0.15) is 44.7 Å². The molecule has 1 heteroatoms. The second-order valence-electron chi connectivity index (χ2n) is 5.89. The Bertz CT molecular complexity index is 343. The van der Waals surface area contributed by atoms with Gasteiger partial charge in [0, 0.05) is 6.54 Å². The highest BCUT2D eigenvalue weighted by molar-refractivity contribution is 5.32. The van der Waals surface area contributed by atoms with E-state index in [4.69, 9.17) is 0 Å². The monoisotopic (exact) mass is 217 g/mol. The van der Waals surface area contributed by atoms with Gasteiger partial charge in [0.05, 0.1) is 0 Å². The van der Waals surface area contributed by atoms with Gasteiger partial charge in [0.15, 0.2) is 0 Å². The Morgan fingerprint density at radius 3 is 2.31 bits per heavy atom. The molecule has 0 aromatic heterocycles. The topological polar surface area (TPSA) is 3.24 Å². The molecule has 1 aromatic rings. The first-order chi connectivity index (χ1) is 7.57. The molecule has 1 saturated heterocycles. The molecule has 2 rings (SSSR count). The van der Waals surface area contributed by atoms with Crippen LogP contribution in [-0.2, 0) is 12.0 Å². The van der Waals surface area contributed by atoms with Gasteiger partial charge in [-0.25, -0.2) is 0 Å². The number of likely N-dealkylation sites (tertiary alicyclic amines) is 1. The first-order valence-corrected chi connectivity index (χ1v) is 6.38. The molecule has 0 amide bonds. The van der Waals surface area contributed by atoms with Gasteiger partial charge in [-0.3, -0.25) is 4.90 Å². The lowest BCUT2D eigenvalue weighted by Crippen LogP contribution is -2.22. The van der Waals surface area contributed by atoms with E-state index >= 15 is 0 Å². The predicted octanol–water partition coefficient (Wildman–Crippen LogP) is 3.58. The molecular weight excluding hydrogens is 194 g/mol. The van der Waals surface area contributed by atoms with Crippen molar-refractivity contribution in [2.24, 2.45) is 0 Å². The summed E-state index contributed by atoms with van der Waals surface area (Å²) in [6, 6.07) is 8.90. The second kappa shape index (κ2) is 4.58. The Hall–Kier alpha value is -0.820. The van der Waals surface area contributed by atoms with Gasteiger partial charge in [0.1, 0.15) is 0 Å². The maximum Gasteiger partial charge on any atom is 0.0236 e. The van der Waals surface area contributed by atoms with E-state index in [1.807, 2.05) is 0 Å². The molecule has 1 aliphatic rings.